The Morgan fingerprint density at radius 1 is 1.13 bits per heavy atom. The fraction of sp³-hybridized carbons (Fsp3) is 0.294. The summed E-state index contributed by atoms with van der Waals surface area (Å²) in [5.74, 6) is 0.0408. The van der Waals surface area contributed by atoms with Gasteiger partial charge in [0.25, 0.3) is 5.91 Å². The molecule has 0 saturated carbocycles. The van der Waals surface area contributed by atoms with Crippen molar-refractivity contribution in [2.75, 3.05) is 19.5 Å². The largest absolute Gasteiger partial charge is 0.497 e. The molecule has 3 rings (SSSR count). The lowest BCUT2D eigenvalue weighted by Crippen LogP contribution is -2.14. The van der Waals surface area contributed by atoms with Crippen LogP contribution in [0.25, 0.3) is 0 Å². The number of amides is 1. The third-order valence-electron chi connectivity index (χ3n) is 3.89. The molecule has 0 saturated heterocycles. The van der Waals surface area contributed by atoms with Gasteiger partial charge in [0.15, 0.2) is 0 Å². The van der Waals surface area contributed by atoms with Gasteiger partial charge in [-0.1, -0.05) is 0 Å². The number of carbonyl (C=O) groups is 2. The Labute approximate surface area is 138 Å². The summed E-state index contributed by atoms with van der Waals surface area (Å²) >= 11 is 1.47. The number of aryl methyl sites for hydroxylation is 1. The van der Waals surface area contributed by atoms with Gasteiger partial charge in [0.05, 0.1) is 19.8 Å². The first-order chi connectivity index (χ1) is 11.1. The van der Waals surface area contributed by atoms with Crippen molar-refractivity contribution >= 4 is 28.2 Å². The van der Waals surface area contributed by atoms with Gasteiger partial charge in [-0.25, -0.2) is 4.79 Å². The predicted octanol–water partition coefficient (Wildman–Crippen LogP) is 3.28. The van der Waals surface area contributed by atoms with Crippen molar-refractivity contribution in [3.05, 3.63) is 45.8 Å². The normalized spacial score (nSPS) is 12.6. The number of hydrogen-bond acceptors (Lipinski definition) is 5. The van der Waals surface area contributed by atoms with Gasteiger partial charge in [-0.3, -0.25) is 4.79 Å². The second-order valence-electron chi connectivity index (χ2n) is 5.24. The quantitative estimate of drug-likeness (QED) is 0.873. The Morgan fingerprint density at radius 2 is 1.87 bits per heavy atom. The van der Waals surface area contributed by atoms with Gasteiger partial charge >= 0.3 is 5.97 Å². The lowest BCUT2D eigenvalue weighted by Gasteiger charge is -2.07. The number of benzene rings is 1. The van der Waals surface area contributed by atoms with Crippen LogP contribution in [0.3, 0.4) is 0 Å². The standard InChI is InChI=1S/C17H17NO4S/c1-21-11-8-6-10(7-9-11)15(19)18-16-14(17(20)22-2)12-4-3-5-13(12)23-16/h6-9H,3-5H2,1-2H3,(H,18,19). The number of rotatable bonds is 4. The molecule has 1 aliphatic rings. The first-order valence-electron chi connectivity index (χ1n) is 7.32. The summed E-state index contributed by atoms with van der Waals surface area (Å²) in [4.78, 5) is 25.6. The van der Waals surface area contributed by atoms with E-state index < -0.39 is 5.97 Å². The average Bonchev–Trinajstić information content (AvgIpc) is 3.14. The van der Waals surface area contributed by atoms with Crippen molar-refractivity contribution in [1.82, 2.24) is 0 Å². The average molecular weight is 331 g/mol. The maximum atomic E-state index is 12.4. The van der Waals surface area contributed by atoms with E-state index in [4.69, 9.17) is 9.47 Å². The van der Waals surface area contributed by atoms with Crippen molar-refractivity contribution < 1.29 is 19.1 Å². The third-order valence-corrected chi connectivity index (χ3v) is 5.10. The van der Waals surface area contributed by atoms with E-state index in [0.717, 1.165) is 29.7 Å². The molecule has 1 aromatic carbocycles. The first kappa shape index (κ1) is 15.6. The van der Waals surface area contributed by atoms with Crippen LogP contribution in [0.1, 0.15) is 37.6 Å². The van der Waals surface area contributed by atoms with Crippen LogP contribution in [0, 0.1) is 0 Å². The Bertz CT molecular complexity index is 749. The molecule has 1 aromatic heterocycles. The van der Waals surface area contributed by atoms with Crippen LogP contribution in [-0.2, 0) is 17.6 Å². The van der Waals surface area contributed by atoms with Gasteiger partial charge in [-0.2, -0.15) is 0 Å². The van der Waals surface area contributed by atoms with Gasteiger partial charge in [0.1, 0.15) is 10.8 Å². The number of carbonyl (C=O) groups excluding carboxylic acids is 2. The Kier molecular flexibility index (Phi) is 4.34. The summed E-state index contributed by atoms with van der Waals surface area (Å²) in [6.07, 6.45) is 2.84. The highest BCUT2D eigenvalue weighted by Crippen LogP contribution is 2.39. The van der Waals surface area contributed by atoms with Crippen molar-refractivity contribution in [3.63, 3.8) is 0 Å². The van der Waals surface area contributed by atoms with Crippen LogP contribution in [0.4, 0.5) is 5.00 Å². The van der Waals surface area contributed by atoms with Gasteiger partial charge in [-0.05, 0) is 49.1 Å². The van der Waals surface area contributed by atoms with E-state index in [1.165, 1.54) is 18.4 Å². The summed E-state index contributed by atoms with van der Waals surface area (Å²) in [6.45, 7) is 0. The van der Waals surface area contributed by atoms with Gasteiger partial charge in [0.2, 0.25) is 0 Å². The zero-order chi connectivity index (χ0) is 16.4. The van der Waals surface area contributed by atoms with Crippen LogP contribution in [0.15, 0.2) is 24.3 Å². The monoisotopic (exact) mass is 331 g/mol. The highest BCUT2D eigenvalue weighted by Gasteiger charge is 2.28. The Hall–Kier alpha value is -2.34. The number of ether oxygens (including phenoxy) is 2. The highest BCUT2D eigenvalue weighted by molar-refractivity contribution is 7.17. The van der Waals surface area contributed by atoms with E-state index in [9.17, 15) is 9.59 Å². The van der Waals surface area contributed by atoms with E-state index in [1.54, 1.807) is 31.4 Å². The molecule has 0 radical (unpaired) electrons. The zero-order valence-corrected chi connectivity index (χ0v) is 13.8. The Balaban J connectivity index is 1.87. The number of methoxy groups -OCH3 is 2. The molecule has 6 heteroatoms. The van der Waals surface area contributed by atoms with E-state index in [0.29, 0.717) is 21.9 Å². The summed E-state index contributed by atoms with van der Waals surface area (Å²) in [7, 11) is 2.93. The van der Waals surface area contributed by atoms with Crippen LogP contribution in [0.2, 0.25) is 0 Å². The minimum absolute atomic E-state index is 0.252. The number of anilines is 1. The van der Waals surface area contributed by atoms with Gasteiger partial charge in [0, 0.05) is 10.4 Å². The highest BCUT2D eigenvalue weighted by atomic mass is 32.1. The van der Waals surface area contributed by atoms with Gasteiger partial charge in [-0.15, -0.1) is 11.3 Å². The number of esters is 1. The van der Waals surface area contributed by atoms with Crippen molar-refractivity contribution in [2.24, 2.45) is 0 Å². The van der Waals surface area contributed by atoms with Crippen LogP contribution in [0.5, 0.6) is 5.75 Å². The van der Waals surface area contributed by atoms with E-state index >= 15 is 0 Å². The molecular weight excluding hydrogens is 314 g/mol. The zero-order valence-electron chi connectivity index (χ0n) is 13.0. The molecule has 0 aliphatic heterocycles. The SMILES string of the molecule is COC(=O)c1c(NC(=O)c2ccc(OC)cc2)sc2c1CCC2. The van der Waals surface area contributed by atoms with E-state index in [1.807, 2.05) is 0 Å². The summed E-state index contributed by atoms with van der Waals surface area (Å²) in [5.41, 5.74) is 2.04. The molecule has 2 aromatic rings. The molecule has 23 heavy (non-hydrogen) atoms. The molecule has 1 aliphatic carbocycles. The Morgan fingerprint density at radius 3 is 2.52 bits per heavy atom. The molecule has 0 unspecified atom stereocenters. The molecule has 1 heterocycles. The van der Waals surface area contributed by atoms with Crippen molar-refractivity contribution in [2.45, 2.75) is 19.3 Å². The molecule has 1 N–H and O–H groups in total. The van der Waals surface area contributed by atoms with Crippen LogP contribution in [-0.4, -0.2) is 26.1 Å². The first-order valence-corrected chi connectivity index (χ1v) is 8.14. The predicted molar refractivity (Wildman–Crippen MR) is 88.6 cm³/mol. The van der Waals surface area contributed by atoms with E-state index in [2.05, 4.69) is 5.32 Å². The van der Waals surface area contributed by atoms with Crippen molar-refractivity contribution in [3.8, 4) is 5.75 Å². The number of hydrogen-bond donors (Lipinski definition) is 1. The number of fused-ring (bicyclic) bond motifs is 1. The lowest BCUT2D eigenvalue weighted by molar-refractivity contribution is 0.0601. The molecule has 0 bridgehead atoms. The molecule has 1 amide bonds. The van der Waals surface area contributed by atoms with Gasteiger partial charge < -0.3 is 14.8 Å². The van der Waals surface area contributed by atoms with Crippen LogP contribution < -0.4 is 10.1 Å². The molecule has 0 spiro atoms. The lowest BCUT2D eigenvalue weighted by atomic mass is 10.1. The second-order valence-corrected chi connectivity index (χ2v) is 6.34. The maximum absolute atomic E-state index is 12.4. The third kappa shape index (κ3) is 2.94. The van der Waals surface area contributed by atoms with Crippen LogP contribution >= 0.6 is 11.3 Å². The number of thiophene rings is 1. The molecule has 0 atom stereocenters. The fourth-order valence-corrected chi connectivity index (χ4v) is 4.00. The minimum atomic E-state index is -0.394. The molecule has 5 nitrogen and oxygen atoms in total. The summed E-state index contributed by atoms with van der Waals surface area (Å²) in [5, 5.41) is 3.42. The molecule has 0 fully saturated rings. The maximum Gasteiger partial charge on any atom is 0.341 e. The number of nitrogens with one attached hydrogen (secondary N) is 1. The van der Waals surface area contributed by atoms with E-state index in [-0.39, 0.29) is 5.91 Å². The minimum Gasteiger partial charge on any atom is -0.497 e. The summed E-state index contributed by atoms with van der Waals surface area (Å²) < 4.78 is 9.96. The van der Waals surface area contributed by atoms with Crippen molar-refractivity contribution in [1.29, 1.82) is 0 Å². The fourth-order valence-electron chi connectivity index (χ4n) is 2.73. The summed E-state index contributed by atoms with van der Waals surface area (Å²) in [6, 6.07) is 6.83. The molecule has 120 valence electrons. The smallest absolute Gasteiger partial charge is 0.341 e. The second kappa shape index (κ2) is 6.42. The molecular formula is C17H17NO4S. The topological polar surface area (TPSA) is 64.6 Å².